The fourth-order valence-electron chi connectivity index (χ4n) is 0.705. The third kappa shape index (κ3) is 2.87. The minimum atomic E-state index is -0.339. The van der Waals surface area contributed by atoms with Crippen molar-refractivity contribution in [3.05, 3.63) is 30.1 Å². The minimum Gasteiger partial charge on any atom is -0.378 e. The fraction of sp³-hybridized carbons (Fsp3) is 0.125. The third-order valence-electron chi connectivity index (χ3n) is 1.35. The Balaban J connectivity index is 2.81. The fourth-order valence-corrected chi connectivity index (χ4v) is 0.879. The maximum absolute atomic E-state index is 11.3. The van der Waals surface area contributed by atoms with Gasteiger partial charge in [-0.15, -0.1) is 0 Å². The van der Waals surface area contributed by atoms with Crippen molar-refractivity contribution in [2.45, 2.75) is 0 Å². The van der Waals surface area contributed by atoms with Gasteiger partial charge in [-0.3, -0.25) is 9.78 Å². The van der Waals surface area contributed by atoms with Crippen molar-refractivity contribution >= 4 is 22.8 Å². The molecule has 5 heteroatoms. The van der Waals surface area contributed by atoms with E-state index in [1.54, 1.807) is 18.4 Å². The monoisotopic (exact) mass is 195 g/mol. The SMILES string of the molecule is CSC(N)=NC(=O)c1ccncc1. The van der Waals surface area contributed by atoms with Crippen LogP contribution in [0.25, 0.3) is 0 Å². The summed E-state index contributed by atoms with van der Waals surface area (Å²) in [6, 6.07) is 3.19. The van der Waals surface area contributed by atoms with Crippen LogP contribution in [0.15, 0.2) is 29.5 Å². The van der Waals surface area contributed by atoms with Crippen molar-refractivity contribution in [2.75, 3.05) is 6.26 Å². The number of carbonyl (C=O) groups is 1. The van der Waals surface area contributed by atoms with Crippen molar-refractivity contribution in [3.63, 3.8) is 0 Å². The summed E-state index contributed by atoms with van der Waals surface area (Å²) in [5, 5.41) is 0.266. The second-order valence-electron chi connectivity index (χ2n) is 2.20. The summed E-state index contributed by atoms with van der Waals surface area (Å²) in [7, 11) is 0. The van der Waals surface area contributed by atoms with E-state index in [2.05, 4.69) is 9.98 Å². The first-order chi connectivity index (χ1) is 6.24. The molecule has 0 spiro atoms. The first-order valence-corrected chi connectivity index (χ1v) is 4.79. The number of aromatic nitrogens is 1. The lowest BCUT2D eigenvalue weighted by molar-refractivity contribution is 0.100. The molecule has 0 aliphatic rings. The molecular weight excluding hydrogens is 186 g/mol. The van der Waals surface area contributed by atoms with Crippen LogP contribution in [0.1, 0.15) is 10.4 Å². The van der Waals surface area contributed by atoms with Crippen LogP contribution >= 0.6 is 11.8 Å². The molecule has 0 bridgehead atoms. The molecule has 68 valence electrons. The van der Waals surface area contributed by atoms with Gasteiger partial charge in [-0.2, -0.15) is 4.99 Å². The van der Waals surface area contributed by atoms with E-state index in [4.69, 9.17) is 5.73 Å². The number of hydrogen-bond acceptors (Lipinski definition) is 3. The van der Waals surface area contributed by atoms with Gasteiger partial charge in [-0.05, 0) is 18.4 Å². The Kier molecular flexibility index (Phi) is 3.45. The number of nitrogens with zero attached hydrogens (tertiary/aromatic N) is 2. The van der Waals surface area contributed by atoms with Crippen LogP contribution in [0.3, 0.4) is 0 Å². The van der Waals surface area contributed by atoms with E-state index < -0.39 is 0 Å². The summed E-state index contributed by atoms with van der Waals surface area (Å²) in [5.41, 5.74) is 5.88. The van der Waals surface area contributed by atoms with Crippen LogP contribution in [0, 0.1) is 0 Å². The van der Waals surface area contributed by atoms with Gasteiger partial charge in [0.15, 0.2) is 5.17 Å². The Morgan fingerprint density at radius 3 is 2.69 bits per heavy atom. The lowest BCUT2D eigenvalue weighted by Gasteiger charge is -1.95. The van der Waals surface area contributed by atoms with Crippen LogP contribution in [0.2, 0.25) is 0 Å². The molecule has 2 N–H and O–H groups in total. The van der Waals surface area contributed by atoms with Crippen LogP contribution in [-0.2, 0) is 0 Å². The van der Waals surface area contributed by atoms with Gasteiger partial charge in [0.2, 0.25) is 0 Å². The van der Waals surface area contributed by atoms with Crippen molar-refractivity contribution < 1.29 is 4.79 Å². The maximum Gasteiger partial charge on any atom is 0.279 e. The molecule has 1 amide bonds. The quantitative estimate of drug-likeness (QED) is 0.534. The number of amidine groups is 1. The summed E-state index contributed by atoms with van der Waals surface area (Å²) in [6.45, 7) is 0. The number of aliphatic imine (C=N–C) groups is 1. The molecule has 0 radical (unpaired) electrons. The van der Waals surface area contributed by atoms with Gasteiger partial charge in [0.05, 0.1) is 0 Å². The molecule has 0 aromatic carbocycles. The molecule has 4 nitrogen and oxygen atoms in total. The van der Waals surface area contributed by atoms with Crippen molar-refractivity contribution in [3.8, 4) is 0 Å². The van der Waals surface area contributed by atoms with Gasteiger partial charge in [-0.1, -0.05) is 11.8 Å². The van der Waals surface area contributed by atoms with Crippen molar-refractivity contribution in [2.24, 2.45) is 10.7 Å². The molecule has 0 aliphatic heterocycles. The molecule has 0 unspecified atom stereocenters. The smallest absolute Gasteiger partial charge is 0.279 e. The summed E-state index contributed by atoms with van der Waals surface area (Å²) in [4.78, 5) is 18.8. The molecule has 0 saturated heterocycles. The largest absolute Gasteiger partial charge is 0.378 e. The van der Waals surface area contributed by atoms with Crippen molar-refractivity contribution in [1.29, 1.82) is 0 Å². The van der Waals surface area contributed by atoms with Crippen LogP contribution < -0.4 is 5.73 Å². The van der Waals surface area contributed by atoms with E-state index in [0.717, 1.165) is 0 Å². The van der Waals surface area contributed by atoms with Gasteiger partial charge in [0.1, 0.15) is 0 Å². The molecule has 0 atom stereocenters. The Bertz CT molecular complexity index is 323. The Morgan fingerprint density at radius 2 is 2.15 bits per heavy atom. The average Bonchev–Trinajstić information content (AvgIpc) is 2.19. The van der Waals surface area contributed by atoms with Gasteiger partial charge in [0.25, 0.3) is 5.91 Å². The predicted molar refractivity (Wildman–Crippen MR) is 53.7 cm³/mol. The summed E-state index contributed by atoms with van der Waals surface area (Å²) < 4.78 is 0. The molecule has 1 aromatic rings. The van der Waals surface area contributed by atoms with E-state index in [1.807, 2.05) is 0 Å². The standard InChI is InChI=1S/C8H9N3OS/c1-13-8(9)11-7(12)6-2-4-10-5-3-6/h2-5H,1H3,(H2,9,11,12). The van der Waals surface area contributed by atoms with E-state index in [-0.39, 0.29) is 11.1 Å². The lowest BCUT2D eigenvalue weighted by atomic mass is 10.3. The number of nitrogens with two attached hydrogens (primary N) is 1. The zero-order chi connectivity index (χ0) is 9.68. The average molecular weight is 195 g/mol. The molecule has 1 rings (SSSR count). The van der Waals surface area contributed by atoms with Crippen molar-refractivity contribution in [1.82, 2.24) is 4.98 Å². The summed E-state index contributed by atoms with van der Waals surface area (Å²) in [5.74, 6) is -0.339. The highest BCUT2D eigenvalue weighted by Crippen LogP contribution is 2.01. The molecule has 1 heterocycles. The zero-order valence-corrected chi connectivity index (χ0v) is 7.91. The number of pyridine rings is 1. The Hall–Kier alpha value is -1.36. The molecule has 0 saturated carbocycles. The molecule has 1 aromatic heterocycles. The van der Waals surface area contributed by atoms with Gasteiger partial charge in [-0.25, -0.2) is 0 Å². The molecule has 13 heavy (non-hydrogen) atoms. The topological polar surface area (TPSA) is 68.3 Å². The Labute approximate surface area is 80.3 Å². The number of thioether (sulfide) groups is 1. The number of carbonyl (C=O) groups excluding carboxylic acids is 1. The highest BCUT2D eigenvalue weighted by molar-refractivity contribution is 8.13. The first-order valence-electron chi connectivity index (χ1n) is 3.56. The van der Waals surface area contributed by atoms with Gasteiger partial charge >= 0.3 is 0 Å². The number of amides is 1. The first kappa shape index (κ1) is 9.73. The highest BCUT2D eigenvalue weighted by Gasteiger charge is 2.02. The number of hydrogen-bond donors (Lipinski definition) is 1. The van der Waals surface area contributed by atoms with Gasteiger partial charge in [0, 0.05) is 18.0 Å². The van der Waals surface area contributed by atoms with E-state index in [9.17, 15) is 4.79 Å². The van der Waals surface area contributed by atoms with E-state index in [0.29, 0.717) is 5.56 Å². The summed E-state index contributed by atoms with van der Waals surface area (Å²) >= 11 is 1.24. The molecule has 0 aliphatic carbocycles. The van der Waals surface area contributed by atoms with Crippen LogP contribution in [-0.4, -0.2) is 22.3 Å². The summed E-state index contributed by atoms with van der Waals surface area (Å²) in [6.07, 6.45) is 4.84. The van der Waals surface area contributed by atoms with Crippen LogP contribution in [0.4, 0.5) is 0 Å². The Morgan fingerprint density at radius 1 is 1.54 bits per heavy atom. The predicted octanol–water partition coefficient (Wildman–Crippen LogP) is 0.900. The zero-order valence-electron chi connectivity index (χ0n) is 7.10. The van der Waals surface area contributed by atoms with E-state index in [1.165, 1.54) is 24.2 Å². The molecule has 0 fully saturated rings. The second kappa shape index (κ2) is 4.61. The molecular formula is C8H9N3OS. The number of rotatable bonds is 1. The lowest BCUT2D eigenvalue weighted by Crippen LogP contribution is -2.09. The minimum absolute atomic E-state index is 0.266. The van der Waals surface area contributed by atoms with Crippen LogP contribution in [0.5, 0.6) is 0 Å². The third-order valence-corrected chi connectivity index (χ3v) is 1.86. The van der Waals surface area contributed by atoms with E-state index >= 15 is 0 Å². The van der Waals surface area contributed by atoms with Gasteiger partial charge < -0.3 is 5.73 Å². The highest BCUT2D eigenvalue weighted by atomic mass is 32.2. The maximum atomic E-state index is 11.3. The normalized spacial score (nSPS) is 11.3. The second-order valence-corrected chi connectivity index (χ2v) is 3.02.